The number of amides is 4. The topological polar surface area (TPSA) is 121 Å². The number of carbonyl (C=O) groups is 3. The average Bonchev–Trinajstić information content (AvgIpc) is 3.61. The number of nitrogens with zero attached hydrogens (tertiary/aromatic N) is 2. The molecule has 3 heterocycles. The van der Waals surface area contributed by atoms with Crippen LogP contribution < -0.4 is 25.4 Å². The third kappa shape index (κ3) is 6.43. The number of ether oxygens (including phenoxy) is 2. The quantitative estimate of drug-likeness (QED) is 0.277. The Morgan fingerprint density at radius 2 is 1.86 bits per heavy atom. The maximum Gasteiger partial charge on any atom is 0.315 e. The summed E-state index contributed by atoms with van der Waals surface area (Å²) in [7, 11) is 3.30. The Labute approximate surface area is 262 Å². The molecule has 2 fully saturated rings. The molecule has 0 spiro atoms. The van der Waals surface area contributed by atoms with Crippen molar-refractivity contribution in [1.82, 2.24) is 21.0 Å². The molecular formula is C33H39N5O5S. The maximum absolute atomic E-state index is 13.4. The van der Waals surface area contributed by atoms with Gasteiger partial charge in [-0.25, -0.2) is 9.80 Å². The molecule has 11 heteroatoms. The molecule has 5 atom stereocenters. The Hall–Kier alpha value is -3.99. The molecule has 3 N–H and O–H groups in total. The van der Waals surface area contributed by atoms with E-state index in [2.05, 4.69) is 34.1 Å². The second-order valence-corrected chi connectivity index (χ2v) is 12.9. The standard InChI is InChI=1S/C33H39N5O5S/c1-42-22-12-8-21(9-13-22)26-18-38(37-31-24(26)15-11-20-10-14-23(43-2)16-25(20)31)30(40)17-34-29(39)7-5-3-4-6-28-32-27(19-44-28)35-33(41)36-32/h3,5,8-10,12-14,16,24,26-28,32H,4,6-7,11,15,17-19H2,1-2H3,(H,34,39)(H2,35,36,41)/b5-3+/t24-,26+,27?,28?,32?/m0/s1. The van der Waals surface area contributed by atoms with E-state index in [0.29, 0.717) is 11.8 Å². The number of fused-ring (bicyclic) bond motifs is 4. The summed E-state index contributed by atoms with van der Waals surface area (Å²) in [6.07, 6.45) is 7.69. The Balaban J connectivity index is 1.08. The van der Waals surface area contributed by atoms with Crippen LogP contribution in [0, 0.1) is 5.92 Å². The van der Waals surface area contributed by atoms with Crippen LogP contribution in [0.1, 0.15) is 48.3 Å². The number of aryl methyl sites for hydroxylation is 1. The van der Waals surface area contributed by atoms with Crippen LogP contribution in [0.3, 0.4) is 0 Å². The van der Waals surface area contributed by atoms with Crippen LogP contribution in [0.15, 0.2) is 59.7 Å². The predicted octanol–water partition coefficient (Wildman–Crippen LogP) is 3.60. The van der Waals surface area contributed by atoms with Crippen molar-refractivity contribution < 1.29 is 23.9 Å². The number of methoxy groups -OCH3 is 2. The molecule has 4 aliphatic rings. The van der Waals surface area contributed by atoms with Crippen LogP contribution in [0.4, 0.5) is 4.79 Å². The first-order chi connectivity index (χ1) is 21.4. The van der Waals surface area contributed by atoms with Crippen LogP contribution in [0.2, 0.25) is 0 Å². The second kappa shape index (κ2) is 13.3. The number of rotatable bonds is 10. The van der Waals surface area contributed by atoms with Gasteiger partial charge < -0.3 is 25.4 Å². The Morgan fingerprint density at radius 3 is 2.66 bits per heavy atom. The lowest BCUT2D eigenvalue weighted by Gasteiger charge is -2.40. The summed E-state index contributed by atoms with van der Waals surface area (Å²) < 4.78 is 10.9. The molecule has 232 valence electrons. The van der Waals surface area contributed by atoms with Crippen molar-refractivity contribution in [2.45, 2.75) is 55.4 Å². The highest BCUT2D eigenvalue weighted by Gasteiger charge is 2.42. The van der Waals surface area contributed by atoms with Gasteiger partial charge in [-0.2, -0.15) is 16.9 Å². The second-order valence-electron chi connectivity index (χ2n) is 11.7. The summed E-state index contributed by atoms with van der Waals surface area (Å²) in [5.41, 5.74) is 4.22. The van der Waals surface area contributed by atoms with E-state index < -0.39 is 0 Å². The van der Waals surface area contributed by atoms with E-state index >= 15 is 0 Å². The summed E-state index contributed by atoms with van der Waals surface area (Å²) >= 11 is 1.88. The van der Waals surface area contributed by atoms with Gasteiger partial charge in [0, 0.05) is 34.8 Å². The zero-order valence-corrected chi connectivity index (χ0v) is 25.9. The molecule has 0 bridgehead atoms. The fraction of sp³-hybridized carbons (Fsp3) is 0.455. The third-order valence-corrected chi connectivity index (χ3v) is 10.6. The molecule has 3 unspecified atom stereocenters. The zero-order valence-electron chi connectivity index (χ0n) is 25.1. The first-order valence-corrected chi connectivity index (χ1v) is 16.3. The predicted molar refractivity (Wildman–Crippen MR) is 170 cm³/mol. The van der Waals surface area contributed by atoms with Gasteiger partial charge in [0.2, 0.25) is 5.91 Å². The number of benzene rings is 2. The number of carbonyl (C=O) groups excluding carboxylic acids is 3. The van der Waals surface area contributed by atoms with Crippen molar-refractivity contribution >= 4 is 35.3 Å². The number of allylic oxidation sites excluding steroid dienone is 1. The van der Waals surface area contributed by atoms with Crippen LogP contribution in [-0.4, -0.2) is 79.0 Å². The molecule has 4 amide bonds. The van der Waals surface area contributed by atoms with E-state index in [1.54, 1.807) is 14.2 Å². The molecular weight excluding hydrogens is 578 g/mol. The van der Waals surface area contributed by atoms with Gasteiger partial charge in [-0.05, 0) is 61.1 Å². The molecule has 0 aromatic heterocycles. The highest BCUT2D eigenvalue weighted by Crippen LogP contribution is 2.41. The third-order valence-electron chi connectivity index (χ3n) is 9.05. The van der Waals surface area contributed by atoms with Gasteiger partial charge >= 0.3 is 6.03 Å². The highest BCUT2D eigenvalue weighted by molar-refractivity contribution is 8.00. The molecule has 2 aromatic rings. The lowest BCUT2D eigenvalue weighted by atomic mass is 9.72. The Morgan fingerprint density at radius 1 is 1.07 bits per heavy atom. The van der Waals surface area contributed by atoms with Gasteiger partial charge in [-0.1, -0.05) is 30.4 Å². The van der Waals surface area contributed by atoms with Crippen molar-refractivity contribution in [3.8, 4) is 11.5 Å². The number of hydrogen-bond donors (Lipinski definition) is 3. The van der Waals surface area contributed by atoms with Crippen LogP contribution in [0.5, 0.6) is 11.5 Å². The molecule has 0 radical (unpaired) electrons. The highest BCUT2D eigenvalue weighted by atomic mass is 32.2. The maximum atomic E-state index is 13.4. The fourth-order valence-electron chi connectivity index (χ4n) is 6.69. The van der Waals surface area contributed by atoms with E-state index in [9.17, 15) is 14.4 Å². The number of hydrazone groups is 1. The molecule has 10 nitrogen and oxygen atoms in total. The molecule has 0 saturated carbocycles. The summed E-state index contributed by atoms with van der Waals surface area (Å²) in [4.78, 5) is 37.6. The van der Waals surface area contributed by atoms with E-state index in [1.165, 1.54) is 10.6 Å². The van der Waals surface area contributed by atoms with Gasteiger partial charge in [0.15, 0.2) is 0 Å². The lowest BCUT2D eigenvalue weighted by molar-refractivity contribution is -0.133. The van der Waals surface area contributed by atoms with Gasteiger partial charge in [-0.3, -0.25) is 9.59 Å². The Kier molecular flexibility index (Phi) is 9.11. The molecule has 3 aliphatic heterocycles. The molecule has 2 saturated heterocycles. The first kappa shape index (κ1) is 30.1. The van der Waals surface area contributed by atoms with Crippen LogP contribution in [-0.2, 0) is 16.0 Å². The number of urea groups is 1. The monoisotopic (exact) mass is 617 g/mol. The minimum absolute atomic E-state index is 0.0528. The summed E-state index contributed by atoms with van der Waals surface area (Å²) in [5, 5.41) is 15.5. The lowest BCUT2D eigenvalue weighted by Crippen LogP contribution is -2.46. The van der Waals surface area contributed by atoms with E-state index in [0.717, 1.165) is 59.8 Å². The molecule has 6 rings (SSSR count). The molecule has 1 aliphatic carbocycles. The van der Waals surface area contributed by atoms with Gasteiger partial charge in [0.25, 0.3) is 5.91 Å². The summed E-state index contributed by atoms with van der Waals surface area (Å²) in [6.45, 7) is 0.314. The smallest absolute Gasteiger partial charge is 0.315 e. The minimum atomic E-state index is -0.248. The van der Waals surface area contributed by atoms with Crippen molar-refractivity contribution in [3.63, 3.8) is 0 Å². The number of hydrogen-bond acceptors (Lipinski definition) is 7. The number of thioether (sulfide) groups is 1. The van der Waals surface area contributed by atoms with E-state index in [1.807, 2.05) is 48.2 Å². The minimum Gasteiger partial charge on any atom is -0.497 e. The first-order valence-electron chi connectivity index (χ1n) is 15.2. The SMILES string of the molecule is COc1ccc([C@H]2CN(C(=O)CNC(=O)C/C=C/CCC3SCC4NC(=O)NC43)N=C3c4cc(OC)ccc4CC[C@H]32)cc1. The largest absolute Gasteiger partial charge is 0.497 e. The van der Waals surface area contributed by atoms with Gasteiger partial charge in [0.1, 0.15) is 11.5 Å². The fourth-order valence-corrected chi connectivity index (χ4v) is 8.20. The van der Waals surface area contributed by atoms with Crippen LogP contribution >= 0.6 is 11.8 Å². The van der Waals surface area contributed by atoms with Crippen molar-refractivity contribution in [2.75, 3.05) is 33.1 Å². The van der Waals surface area contributed by atoms with Crippen molar-refractivity contribution in [1.29, 1.82) is 0 Å². The summed E-state index contributed by atoms with van der Waals surface area (Å²) in [5.74, 6) is 2.22. The van der Waals surface area contributed by atoms with Crippen LogP contribution in [0.25, 0.3) is 0 Å². The van der Waals surface area contributed by atoms with E-state index in [4.69, 9.17) is 14.6 Å². The zero-order chi connectivity index (χ0) is 30.6. The normalized spacial score (nSPS) is 25.3. The number of nitrogens with one attached hydrogen (secondary N) is 3. The van der Waals surface area contributed by atoms with Crippen molar-refractivity contribution in [3.05, 3.63) is 71.3 Å². The van der Waals surface area contributed by atoms with E-state index in [-0.39, 0.29) is 54.7 Å². The Bertz CT molecular complexity index is 1460. The van der Waals surface area contributed by atoms with Gasteiger partial charge in [0.05, 0.1) is 45.1 Å². The molecule has 2 aromatic carbocycles. The van der Waals surface area contributed by atoms with Crippen molar-refractivity contribution in [2.24, 2.45) is 11.0 Å². The van der Waals surface area contributed by atoms with Gasteiger partial charge in [-0.15, -0.1) is 0 Å². The summed E-state index contributed by atoms with van der Waals surface area (Å²) in [6, 6.07) is 14.4. The average molecular weight is 618 g/mol. The molecule has 44 heavy (non-hydrogen) atoms.